The van der Waals surface area contributed by atoms with Gasteiger partial charge in [0.1, 0.15) is 6.04 Å². The molecule has 2 rings (SSSR count). The molecule has 1 aromatic carbocycles. The maximum Gasteiger partial charge on any atom is 0.325 e. The van der Waals surface area contributed by atoms with Crippen LogP contribution in [0.25, 0.3) is 10.8 Å². The van der Waals surface area contributed by atoms with Gasteiger partial charge in [-0.2, -0.15) is 0 Å². The van der Waals surface area contributed by atoms with Crippen molar-refractivity contribution in [2.24, 2.45) is 0 Å². The third-order valence-electron chi connectivity index (χ3n) is 2.57. The van der Waals surface area contributed by atoms with Crippen molar-refractivity contribution in [2.45, 2.75) is 13.0 Å². The lowest BCUT2D eigenvalue weighted by atomic mass is 10.1. The molecule has 0 aliphatic heterocycles. The fourth-order valence-corrected chi connectivity index (χ4v) is 1.64. The van der Waals surface area contributed by atoms with Crippen LogP contribution >= 0.6 is 0 Å². The first-order valence-corrected chi connectivity index (χ1v) is 5.23. The van der Waals surface area contributed by atoms with Crippen LogP contribution in [0.15, 0.2) is 27.8 Å². The van der Waals surface area contributed by atoms with E-state index in [1.54, 1.807) is 12.1 Å². The molecule has 1 heterocycles. The van der Waals surface area contributed by atoms with Crippen molar-refractivity contribution >= 4 is 22.4 Å². The molecule has 7 heteroatoms. The lowest BCUT2D eigenvalue weighted by molar-refractivity contribution is -0.137. The minimum atomic E-state index is -1.05. The fourth-order valence-electron chi connectivity index (χ4n) is 1.64. The smallest absolute Gasteiger partial charge is 0.325 e. The molecule has 2 aromatic rings. The van der Waals surface area contributed by atoms with Crippen LogP contribution in [0, 0.1) is 0 Å². The zero-order chi connectivity index (χ0) is 13.3. The number of H-pyrrole nitrogens is 2. The molecule has 1 atom stereocenters. The van der Waals surface area contributed by atoms with E-state index >= 15 is 0 Å². The number of carbonyl (C=O) groups is 1. The number of fused-ring (bicyclic) bond motifs is 1. The molecule has 1 unspecified atom stereocenters. The van der Waals surface area contributed by atoms with Gasteiger partial charge in [0.2, 0.25) is 0 Å². The number of carboxylic acid groups (broad SMARTS) is 1. The minimum Gasteiger partial charge on any atom is -0.480 e. The average molecular weight is 249 g/mol. The first-order chi connectivity index (χ1) is 8.50. The quantitative estimate of drug-likeness (QED) is 0.616. The normalized spacial score (nSPS) is 12.3. The van der Waals surface area contributed by atoms with Crippen LogP contribution in [0.2, 0.25) is 0 Å². The van der Waals surface area contributed by atoms with Crippen molar-refractivity contribution in [3.63, 3.8) is 0 Å². The monoisotopic (exact) mass is 249 g/mol. The second kappa shape index (κ2) is 4.36. The molecule has 18 heavy (non-hydrogen) atoms. The van der Waals surface area contributed by atoms with E-state index in [0.29, 0.717) is 5.69 Å². The number of aromatic nitrogens is 2. The number of aromatic amines is 2. The van der Waals surface area contributed by atoms with Crippen LogP contribution in [0.4, 0.5) is 5.69 Å². The number of hydrogen-bond donors (Lipinski definition) is 4. The van der Waals surface area contributed by atoms with E-state index < -0.39 is 23.1 Å². The van der Waals surface area contributed by atoms with Gasteiger partial charge < -0.3 is 10.4 Å². The van der Waals surface area contributed by atoms with Crippen LogP contribution in [0.1, 0.15) is 6.92 Å². The average Bonchev–Trinajstić information content (AvgIpc) is 2.34. The molecule has 0 saturated carbocycles. The van der Waals surface area contributed by atoms with Gasteiger partial charge in [0.15, 0.2) is 0 Å². The van der Waals surface area contributed by atoms with Gasteiger partial charge in [-0.15, -0.1) is 0 Å². The lowest BCUT2D eigenvalue weighted by Crippen LogP contribution is -2.27. The zero-order valence-corrected chi connectivity index (χ0v) is 9.48. The topological polar surface area (TPSA) is 115 Å². The maximum atomic E-state index is 11.7. The molecule has 7 nitrogen and oxygen atoms in total. The molecule has 0 bridgehead atoms. The highest BCUT2D eigenvalue weighted by molar-refractivity contribution is 5.93. The third-order valence-corrected chi connectivity index (χ3v) is 2.57. The Hall–Kier alpha value is -2.57. The Labute approximate surface area is 100 Å². The van der Waals surface area contributed by atoms with E-state index in [1.807, 2.05) is 0 Å². The summed E-state index contributed by atoms with van der Waals surface area (Å²) in [6, 6.07) is 3.76. The Balaban J connectivity index is 2.66. The summed E-state index contributed by atoms with van der Waals surface area (Å²) >= 11 is 0. The summed E-state index contributed by atoms with van der Waals surface area (Å²) in [5.74, 6) is -1.05. The SMILES string of the molecule is CC(Nc1cccc2c(=O)[nH][nH]c(=O)c12)C(=O)O. The Morgan fingerprint density at radius 2 is 1.94 bits per heavy atom. The maximum absolute atomic E-state index is 11.7. The van der Waals surface area contributed by atoms with E-state index in [0.717, 1.165) is 0 Å². The zero-order valence-electron chi connectivity index (χ0n) is 9.48. The van der Waals surface area contributed by atoms with Crippen molar-refractivity contribution in [1.29, 1.82) is 0 Å². The first-order valence-electron chi connectivity index (χ1n) is 5.23. The van der Waals surface area contributed by atoms with Gasteiger partial charge in [-0.3, -0.25) is 24.6 Å². The highest BCUT2D eigenvalue weighted by atomic mass is 16.4. The molecular formula is C11H11N3O4. The van der Waals surface area contributed by atoms with Gasteiger partial charge in [-0.1, -0.05) is 6.07 Å². The Morgan fingerprint density at radius 3 is 2.61 bits per heavy atom. The number of hydrogen-bond acceptors (Lipinski definition) is 4. The third kappa shape index (κ3) is 1.97. The summed E-state index contributed by atoms with van der Waals surface area (Å²) in [4.78, 5) is 34.0. The molecule has 1 aromatic heterocycles. The fraction of sp³-hybridized carbons (Fsp3) is 0.182. The molecular weight excluding hydrogens is 238 g/mol. The molecule has 0 aliphatic rings. The number of rotatable bonds is 3. The number of anilines is 1. The van der Waals surface area contributed by atoms with Gasteiger partial charge >= 0.3 is 5.97 Å². The standard InChI is InChI=1S/C11H11N3O4/c1-5(11(17)18)12-7-4-2-3-6-8(7)10(16)14-13-9(6)15/h2-5,12H,1H3,(H,13,15)(H,14,16)(H,17,18). The van der Waals surface area contributed by atoms with E-state index in [-0.39, 0.29) is 10.8 Å². The molecule has 94 valence electrons. The Kier molecular flexibility index (Phi) is 2.88. The molecule has 4 N–H and O–H groups in total. The van der Waals surface area contributed by atoms with Crippen LogP contribution in [-0.4, -0.2) is 27.3 Å². The van der Waals surface area contributed by atoms with Crippen LogP contribution in [0.5, 0.6) is 0 Å². The van der Waals surface area contributed by atoms with E-state index in [9.17, 15) is 14.4 Å². The highest BCUT2D eigenvalue weighted by Crippen LogP contribution is 2.17. The van der Waals surface area contributed by atoms with Crippen molar-refractivity contribution < 1.29 is 9.90 Å². The minimum absolute atomic E-state index is 0.148. The van der Waals surface area contributed by atoms with Gasteiger partial charge in [-0.25, -0.2) is 0 Å². The summed E-state index contributed by atoms with van der Waals surface area (Å²) in [6.07, 6.45) is 0. The number of nitrogens with one attached hydrogen (secondary N) is 3. The highest BCUT2D eigenvalue weighted by Gasteiger charge is 2.14. The summed E-state index contributed by atoms with van der Waals surface area (Å²) in [5.41, 5.74) is -0.601. The Morgan fingerprint density at radius 1 is 1.28 bits per heavy atom. The van der Waals surface area contributed by atoms with Crippen molar-refractivity contribution in [2.75, 3.05) is 5.32 Å². The number of benzene rings is 1. The first kappa shape index (κ1) is 11.9. The van der Waals surface area contributed by atoms with Crippen LogP contribution < -0.4 is 16.4 Å². The summed E-state index contributed by atoms with van der Waals surface area (Å²) in [5, 5.41) is 16.3. The van der Waals surface area contributed by atoms with Gasteiger partial charge in [0.05, 0.1) is 10.8 Å². The summed E-state index contributed by atoms with van der Waals surface area (Å²) in [6.45, 7) is 1.45. The molecule has 0 amide bonds. The van der Waals surface area contributed by atoms with Crippen molar-refractivity contribution in [3.05, 3.63) is 38.9 Å². The van der Waals surface area contributed by atoms with Gasteiger partial charge in [0.25, 0.3) is 11.1 Å². The summed E-state index contributed by atoms with van der Waals surface area (Å²) in [7, 11) is 0. The van der Waals surface area contributed by atoms with Crippen molar-refractivity contribution in [3.8, 4) is 0 Å². The molecule has 0 aliphatic carbocycles. The largest absolute Gasteiger partial charge is 0.480 e. The molecule has 0 radical (unpaired) electrons. The molecule has 0 saturated heterocycles. The predicted molar refractivity (Wildman–Crippen MR) is 65.9 cm³/mol. The van der Waals surface area contributed by atoms with E-state index in [2.05, 4.69) is 15.5 Å². The molecule has 0 fully saturated rings. The predicted octanol–water partition coefficient (Wildman–Crippen LogP) is 0.101. The van der Waals surface area contributed by atoms with E-state index in [4.69, 9.17) is 5.11 Å². The summed E-state index contributed by atoms with van der Waals surface area (Å²) < 4.78 is 0. The lowest BCUT2D eigenvalue weighted by Gasteiger charge is -2.12. The second-order valence-electron chi connectivity index (χ2n) is 3.84. The molecule has 0 spiro atoms. The van der Waals surface area contributed by atoms with Gasteiger partial charge in [0, 0.05) is 5.69 Å². The van der Waals surface area contributed by atoms with Gasteiger partial charge in [-0.05, 0) is 19.1 Å². The second-order valence-corrected chi connectivity index (χ2v) is 3.84. The van der Waals surface area contributed by atoms with E-state index in [1.165, 1.54) is 13.0 Å². The van der Waals surface area contributed by atoms with Crippen LogP contribution in [-0.2, 0) is 4.79 Å². The number of carboxylic acids is 1. The van der Waals surface area contributed by atoms with Crippen molar-refractivity contribution in [1.82, 2.24) is 10.2 Å². The Bertz CT molecular complexity index is 716. The van der Waals surface area contributed by atoms with Crippen LogP contribution in [0.3, 0.4) is 0 Å². The number of aliphatic carboxylic acids is 1.